The van der Waals surface area contributed by atoms with E-state index in [9.17, 15) is 18.0 Å². The first-order valence-electron chi connectivity index (χ1n) is 11.3. The topological polar surface area (TPSA) is 87.6 Å². The van der Waals surface area contributed by atoms with Gasteiger partial charge in [-0.25, -0.2) is 0 Å². The van der Waals surface area contributed by atoms with Crippen LogP contribution in [0.5, 0.6) is 0 Å². The molecule has 0 spiro atoms. The predicted molar refractivity (Wildman–Crippen MR) is 125 cm³/mol. The molecule has 1 N–H and O–H groups in total. The Bertz CT molecular complexity index is 1310. The number of anilines is 2. The number of benzene rings is 1. The molecule has 1 aliphatic rings. The molecule has 4 heterocycles. The summed E-state index contributed by atoms with van der Waals surface area (Å²) >= 11 is 0. The molecule has 11 heteroatoms. The van der Waals surface area contributed by atoms with Crippen molar-refractivity contribution < 1.29 is 26.9 Å². The Balaban J connectivity index is 1.34. The van der Waals surface area contributed by atoms with Crippen molar-refractivity contribution in [2.24, 2.45) is 0 Å². The van der Waals surface area contributed by atoms with E-state index < -0.39 is 17.6 Å². The van der Waals surface area contributed by atoms with Gasteiger partial charge in [-0.05, 0) is 42.5 Å². The average molecular weight is 497 g/mol. The van der Waals surface area contributed by atoms with Gasteiger partial charge >= 0.3 is 6.18 Å². The largest absolute Gasteiger partial charge is 0.451 e. The third-order valence-electron chi connectivity index (χ3n) is 5.97. The number of hydrogen-bond donors (Lipinski definition) is 1. The number of rotatable bonds is 6. The Morgan fingerprint density at radius 3 is 2.50 bits per heavy atom. The fraction of sp³-hybridized carbons (Fsp3) is 0.240. The third kappa shape index (κ3) is 5.25. The third-order valence-corrected chi connectivity index (χ3v) is 5.97. The number of aromatic nitrogens is 2. The zero-order chi connectivity index (χ0) is 25.1. The molecule has 0 saturated carbocycles. The lowest BCUT2D eigenvalue weighted by Gasteiger charge is -2.36. The van der Waals surface area contributed by atoms with Gasteiger partial charge in [-0.2, -0.15) is 13.2 Å². The number of nitrogens with one attached hydrogen (secondary N) is 1. The van der Waals surface area contributed by atoms with E-state index in [4.69, 9.17) is 8.94 Å². The second kappa shape index (κ2) is 9.86. The van der Waals surface area contributed by atoms with E-state index in [1.54, 1.807) is 43.1 Å². The highest BCUT2D eigenvalue weighted by Gasteiger charge is 2.32. The second-order valence-electron chi connectivity index (χ2n) is 8.38. The van der Waals surface area contributed by atoms with E-state index in [0.717, 1.165) is 23.3 Å². The summed E-state index contributed by atoms with van der Waals surface area (Å²) in [5.74, 6) is -0.193. The highest BCUT2D eigenvalue weighted by Crippen LogP contribution is 2.36. The van der Waals surface area contributed by atoms with Crippen LogP contribution in [0, 0.1) is 0 Å². The SMILES string of the molecule is O=C(Nc1cc(C(F)(F)F)ccc1N1CCN(Cc2cnoc2)CC1)c1ccc(-c2ccncc2)o1. The van der Waals surface area contributed by atoms with Crippen LogP contribution < -0.4 is 10.2 Å². The molecule has 0 unspecified atom stereocenters. The Hall–Kier alpha value is -4.12. The molecule has 5 rings (SSSR count). The molecule has 0 bridgehead atoms. The molecule has 1 amide bonds. The van der Waals surface area contributed by atoms with Crippen LogP contribution in [0.4, 0.5) is 24.5 Å². The lowest BCUT2D eigenvalue weighted by atomic mass is 10.1. The van der Waals surface area contributed by atoms with Crippen LogP contribution in [0.25, 0.3) is 11.3 Å². The number of piperazine rings is 1. The van der Waals surface area contributed by atoms with Crippen molar-refractivity contribution in [2.45, 2.75) is 12.7 Å². The van der Waals surface area contributed by atoms with Crippen LogP contribution in [0.2, 0.25) is 0 Å². The Morgan fingerprint density at radius 2 is 1.81 bits per heavy atom. The fourth-order valence-corrected chi connectivity index (χ4v) is 4.11. The van der Waals surface area contributed by atoms with Crippen molar-refractivity contribution in [2.75, 3.05) is 36.4 Å². The van der Waals surface area contributed by atoms with Crippen LogP contribution in [0.15, 0.2) is 76.3 Å². The maximum Gasteiger partial charge on any atom is 0.416 e. The number of halogens is 3. The lowest BCUT2D eigenvalue weighted by molar-refractivity contribution is -0.137. The van der Waals surface area contributed by atoms with Crippen molar-refractivity contribution in [3.63, 3.8) is 0 Å². The number of amides is 1. The quantitative estimate of drug-likeness (QED) is 0.405. The standard InChI is InChI=1S/C25H22F3N5O3/c26-25(27,28)19-1-2-21(33-11-9-32(10-12-33)15-17-14-30-35-16-17)20(13-19)31-24(34)23-4-3-22(36-23)18-5-7-29-8-6-18/h1-8,13-14,16H,9-12,15H2,(H,31,34). The van der Waals surface area contributed by atoms with Crippen molar-refractivity contribution in [1.29, 1.82) is 0 Å². The Kier molecular flexibility index (Phi) is 6.47. The molecule has 186 valence electrons. The highest BCUT2D eigenvalue weighted by molar-refractivity contribution is 6.04. The molecular weight excluding hydrogens is 475 g/mol. The smallest absolute Gasteiger partial charge is 0.416 e. The molecular formula is C25H22F3N5O3. The van der Waals surface area contributed by atoms with E-state index in [0.29, 0.717) is 44.2 Å². The predicted octanol–water partition coefficient (Wildman–Crippen LogP) is 4.92. The molecule has 0 atom stereocenters. The summed E-state index contributed by atoms with van der Waals surface area (Å²) in [6, 6.07) is 9.97. The van der Waals surface area contributed by atoms with Gasteiger partial charge in [0.05, 0.1) is 23.1 Å². The fourth-order valence-electron chi connectivity index (χ4n) is 4.11. The minimum atomic E-state index is -4.55. The Labute approximate surface area is 204 Å². The van der Waals surface area contributed by atoms with Crippen LogP contribution in [0.3, 0.4) is 0 Å². The number of carbonyl (C=O) groups excluding carboxylic acids is 1. The molecule has 1 fully saturated rings. The van der Waals surface area contributed by atoms with Gasteiger partial charge in [0.15, 0.2) is 5.76 Å². The number of nitrogens with zero attached hydrogens (tertiary/aromatic N) is 4. The molecule has 8 nitrogen and oxygen atoms in total. The molecule has 0 radical (unpaired) electrons. The van der Waals surface area contributed by atoms with E-state index in [-0.39, 0.29) is 11.4 Å². The first kappa shape index (κ1) is 23.6. The van der Waals surface area contributed by atoms with Crippen LogP contribution in [-0.2, 0) is 12.7 Å². The minimum Gasteiger partial charge on any atom is -0.451 e. The molecule has 0 aliphatic carbocycles. The summed E-state index contributed by atoms with van der Waals surface area (Å²) in [7, 11) is 0. The summed E-state index contributed by atoms with van der Waals surface area (Å²) in [5, 5.41) is 6.33. The van der Waals surface area contributed by atoms with E-state index in [2.05, 4.69) is 20.4 Å². The lowest BCUT2D eigenvalue weighted by Crippen LogP contribution is -2.46. The average Bonchev–Trinajstić information content (AvgIpc) is 3.57. The van der Waals surface area contributed by atoms with Gasteiger partial charge in [0.1, 0.15) is 12.0 Å². The summed E-state index contributed by atoms with van der Waals surface area (Å²) in [6.07, 6.45) is 1.89. The molecule has 1 saturated heterocycles. The van der Waals surface area contributed by atoms with Crippen LogP contribution in [0.1, 0.15) is 21.7 Å². The maximum absolute atomic E-state index is 13.5. The first-order valence-corrected chi connectivity index (χ1v) is 11.3. The number of carbonyl (C=O) groups is 1. The maximum atomic E-state index is 13.5. The first-order chi connectivity index (χ1) is 17.4. The monoisotopic (exact) mass is 497 g/mol. The normalized spacial score (nSPS) is 14.7. The van der Waals surface area contributed by atoms with Gasteiger partial charge in [-0.1, -0.05) is 5.16 Å². The molecule has 36 heavy (non-hydrogen) atoms. The van der Waals surface area contributed by atoms with Gasteiger partial charge in [0.2, 0.25) is 0 Å². The summed E-state index contributed by atoms with van der Waals surface area (Å²) in [4.78, 5) is 21.1. The number of alkyl halides is 3. The van der Waals surface area contributed by atoms with Crippen molar-refractivity contribution in [1.82, 2.24) is 15.0 Å². The van der Waals surface area contributed by atoms with Crippen molar-refractivity contribution in [3.8, 4) is 11.3 Å². The number of hydrogen-bond acceptors (Lipinski definition) is 7. The van der Waals surface area contributed by atoms with Gasteiger partial charge in [-0.15, -0.1) is 0 Å². The minimum absolute atomic E-state index is 0.0104. The number of furan rings is 1. The zero-order valence-corrected chi connectivity index (χ0v) is 19.0. The van der Waals surface area contributed by atoms with Gasteiger partial charge < -0.3 is 19.2 Å². The van der Waals surface area contributed by atoms with Crippen molar-refractivity contribution >= 4 is 17.3 Å². The van der Waals surface area contributed by atoms with Gasteiger partial charge in [0.25, 0.3) is 5.91 Å². The molecule has 1 aliphatic heterocycles. The summed E-state index contributed by atoms with van der Waals surface area (Å²) in [5.41, 5.74) is 1.43. The summed E-state index contributed by atoms with van der Waals surface area (Å²) < 4.78 is 50.9. The van der Waals surface area contributed by atoms with E-state index in [1.165, 1.54) is 12.1 Å². The molecule has 3 aromatic heterocycles. The van der Waals surface area contributed by atoms with Gasteiger partial charge in [0, 0.05) is 56.2 Å². The zero-order valence-electron chi connectivity index (χ0n) is 19.0. The molecule has 4 aromatic rings. The molecule has 1 aromatic carbocycles. The van der Waals surface area contributed by atoms with E-state index in [1.807, 2.05) is 4.90 Å². The number of pyridine rings is 1. The van der Waals surface area contributed by atoms with E-state index >= 15 is 0 Å². The van der Waals surface area contributed by atoms with Crippen molar-refractivity contribution in [3.05, 3.63) is 84.2 Å². The van der Waals surface area contributed by atoms with Crippen LogP contribution in [-0.4, -0.2) is 47.1 Å². The highest BCUT2D eigenvalue weighted by atomic mass is 19.4. The van der Waals surface area contributed by atoms with Gasteiger partial charge in [-0.3, -0.25) is 14.7 Å². The summed E-state index contributed by atoms with van der Waals surface area (Å²) in [6.45, 7) is 3.20. The second-order valence-corrected chi connectivity index (χ2v) is 8.38. The Morgan fingerprint density at radius 1 is 1.03 bits per heavy atom. The van der Waals surface area contributed by atoms with Crippen LogP contribution >= 0.6 is 0 Å².